The van der Waals surface area contributed by atoms with Crippen LogP contribution in [-0.2, 0) is 0 Å². The molecule has 3 amide bonds. The summed E-state index contributed by atoms with van der Waals surface area (Å²) in [6.45, 7) is 3.91. The number of amides is 3. The maximum Gasteiger partial charge on any atom is 0.319 e. The minimum Gasteiger partial charge on any atom is -0.335 e. The van der Waals surface area contributed by atoms with E-state index >= 15 is 0 Å². The van der Waals surface area contributed by atoms with E-state index in [1.54, 1.807) is 24.3 Å². The van der Waals surface area contributed by atoms with Crippen LogP contribution < -0.4 is 16.0 Å². The van der Waals surface area contributed by atoms with E-state index in [0.29, 0.717) is 23.0 Å². The van der Waals surface area contributed by atoms with Gasteiger partial charge in [-0.15, -0.1) is 0 Å². The lowest BCUT2D eigenvalue weighted by atomic mass is 10.2. The van der Waals surface area contributed by atoms with E-state index in [0.717, 1.165) is 29.9 Å². The van der Waals surface area contributed by atoms with Crippen molar-refractivity contribution in [3.05, 3.63) is 71.5 Å². The topological polar surface area (TPSA) is 88.0 Å². The van der Waals surface area contributed by atoms with E-state index in [2.05, 4.69) is 21.0 Å². The molecule has 7 nitrogen and oxygen atoms in total. The maximum atomic E-state index is 12.7. The number of nitrogens with one attached hydrogen (secondary N) is 3. The van der Waals surface area contributed by atoms with Crippen molar-refractivity contribution in [2.24, 2.45) is 0 Å². The van der Waals surface area contributed by atoms with Crippen LogP contribution in [0.1, 0.15) is 34.6 Å². The van der Waals surface area contributed by atoms with E-state index in [1.807, 2.05) is 48.9 Å². The number of para-hydroxylation sites is 2. The molecule has 1 aliphatic rings. The average Bonchev–Trinajstić information content (AvgIpc) is 3.44. The molecule has 0 saturated heterocycles. The van der Waals surface area contributed by atoms with Crippen molar-refractivity contribution in [3.63, 3.8) is 0 Å². The first-order valence-electron chi connectivity index (χ1n) is 9.61. The Balaban J connectivity index is 1.47. The van der Waals surface area contributed by atoms with Gasteiger partial charge in [-0.25, -0.2) is 9.48 Å². The molecule has 0 radical (unpaired) electrons. The number of rotatable bonds is 5. The molecule has 1 heterocycles. The zero-order valence-corrected chi connectivity index (χ0v) is 16.4. The van der Waals surface area contributed by atoms with Crippen molar-refractivity contribution in [2.75, 3.05) is 10.6 Å². The summed E-state index contributed by atoms with van der Waals surface area (Å²) in [5.74, 6) is -0.229. The number of aryl methyl sites for hydroxylation is 2. The standard InChI is InChI=1S/C22H23N5O2/c1-14-13-15(2)27(26-14)20-6-4-3-5-19(20)25-21(28)16-7-9-17(10-8-16)23-22(29)24-18-11-12-18/h3-10,13,18H,11-12H2,1-2H3,(H,25,28)(H2,23,24,29). The number of carbonyl (C=O) groups is 2. The molecular weight excluding hydrogens is 366 g/mol. The minimum absolute atomic E-state index is 0.219. The van der Waals surface area contributed by atoms with Crippen LogP contribution in [0, 0.1) is 13.8 Å². The van der Waals surface area contributed by atoms with Gasteiger partial charge in [0.25, 0.3) is 5.91 Å². The van der Waals surface area contributed by atoms with Crippen molar-refractivity contribution in [2.45, 2.75) is 32.7 Å². The Morgan fingerprint density at radius 2 is 1.72 bits per heavy atom. The molecule has 1 fully saturated rings. The first-order valence-corrected chi connectivity index (χ1v) is 9.61. The van der Waals surface area contributed by atoms with Crippen LogP contribution in [0.25, 0.3) is 5.69 Å². The highest BCUT2D eigenvalue weighted by Crippen LogP contribution is 2.23. The number of benzene rings is 2. The van der Waals surface area contributed by atoms with Crippen LogP contribution in [0.5, 0.6) is 0 Å². The smallest absolute Gasteiger partial charge is 0.319 e. The summed E-state index contributed by atoms with van der Waals surface area (Å²) < 4.78 is 1.82. The van der Waals surface area contributed by atoms with Crippen molar-refractivity contribution < 1.29 is 9.59 Å². The molecule has 1 saturated carbocycles. The normalized spacial score (nSPS) is 13.0. The van der Waals surface area contributed by atoms with Gasteiger partial charge in [0, 0.05) is 23.0 Å². The second-order valence-electron chi connectivity index (χ2n) is 7.26. The second kappa shape index (κ2) is 7.79. The Morgan fingerprint density at radius 1 is 1.00 bits per heavy atom. The number of nitrogens with zero attached hydrogens (tertiary/aromatic N) is 2. The molecule has 0 aliphatic heterocycles. The van der Waals surface area contributed by atoms with Crippen molar-refractivity contribution in [1.82, 2.24) is 15.1 Å². The molecule has 148 valence electrons. The largest absolute Gasteiger partial charge is 0.335 e. The zero-order valence-electron chi connectivity index (χ0n) is 16.4. The third-order valence-corrected chi connectivity index (χ3v) is 4.71. The molecule has 0 bridgehead atoms. The molecule has 3 N–H and O–H groups in total. The highest BCUT2D eigenvalue weighted by molar-refractivity contribution is 6.05. The number of carbonyl (C=O) groups excluding carboxylic acids is 2. The van der Waals surface area contributed by atoms with Gasteiger partial charge in [-0.05, 0) is 69.2 Å². The van der Waals surface area contributed by atoms with Gasteiger partial charge in [0.05, 0.1) is 17.1 Å². The number of hydrogen-bond donors (Lipinski definition) is 3. The van der Waals surface area contributed by atoms with Gasteiger partial charge in [0.1, 0.15) is 0 Å². The van der Waals surface area contributed by atoms with Crippen LogP contribution >= 0.6 is 0 Å². The van der Waals surface area contributed by atoms with Gasteiger partial charge in [0.15, 0.2) is 0 Å². The van der Waals surface area contributed by atoms with Gasteiger partial charge in [-0.2, -0.15) is 5.10 Å². The highest BCUT2D eigenvalue weighted by Gasteiger charge is 2.23. The predicted octanol–water partition coefficient (Wildman–Crippen LogP) is 4.03. The van der Waals surface area contributed by atoms with Gasteiger partial charge in [0.2, 0.25) is 0 Å². The fourth-order valence-corrected chi connectivity index (χ4v) is 3.12. The Morgan fingerprint density at radius 3 is 2.38 bits per heavy atom. The first-order chi connectivity index (χ1) is 14.0. The lowest BCUT2D eigenvalue weighted by molar-refractivity contribution is 0.102. The molecule has 2 aromatic carbocycles. The van der Waals surface area contributed by atoms with Crippen LogP contribution in [0.4, 0.5) is 16.2 Å². The van der Waals surface area contributed by atoms with E-state index in [1.165, 1.54) is 0 Å². The zero-order chi connectivity index (χ0) is 20.4. The summed E-state index contributed by atoms with van der Waals surface area (Å²) in [4.78, 5) is 24.5. The van der Waals surface area contributed by atoms with Gasteiger partial charge < -0.3 is 16.0 Å². The van der Waals surface area contributed by atoms with E-state index in [4.69, 9.17) is 0 Å². The molecular formula is C22H23N5O2. The molecule has 0 unspecified atom stereocenters. The van der Waals surface area contributed by atoms with E-state index in [-0.39, 0.29) is 11.9 Å². The number of aromatic nitrogens is 2. The molecule has 0 spiro atoms. The molecule has 7 heteroatoms. The Kier molecular flexibility index (Phi) is 5.03. The average molecular weight is 389 g/mol. The number of urea groups is 1. The number of anilines is 2. The minimum atomic E-state index is -0.229. The number of hydrogen-bond acceptors (Lipinski definition) is 3. The summed E-state index contributed by atoms with van der Waals surface area (Å²) in [7, 11) is 0. The van der Waals surface area contributed by atoms with Gasteiger partial charge >= 0.3 is 6.03 Å². The van der Waals surface area contributed by atoms with Gasteiger partial charge in [-0.1, -0.05) is 12.1 Å². The van der Waals surface area contributed by atoms with Crippen LogP contribution in [0.15, 0.2) is 54.6 Å². The quantitative estimate of drug-likeness (QED) is 0.616. The summed E-state index contributed by atoms with van der Waals surface area (Å²) in [5, 5.41) is 13.1. The van der Waals surface area contributed by atoms with Crippen molar-refractivity contribution >= 4 is 23.3 Å². The maximum absolute atomic E-state index is 12.7. The van der Waals surface area contributed by atoms with Crippen LogP contribution in [0.3, 0.4) is 0 Å². The lowest BCUT2D eigenvalue weighted by Gasteiger charge is -2.13. The third kappa shape index (κ3) is 4.45. The summed E-state index contributed by atoms with van der Waals surface area (Å²) in [5.41, 5.74) is 4.53. The van der Waals surface area contributed by atoms with Crippen LogP contribution in [-0.4, -0.2) is 27.8 Å². The molecule has 3 aromatic rings. The molecule has 29 heavy (non-hydrogen) atoms. The van der Waals surface area contributed by atoms with Gasteiger partial charge in [-0.3, -0.25) is 4.79 Å². The highest BCUT2D eigenvalue weighted by atomic mass is 16.2. The summed E-state index contributed by atoms with van der Waals surface area (Å²) in [6.07, 6.45) is 2.07. The Bertz CT molecular complexity index is 1050. The third-order valence-electron chi connectivity index (χ3n) is 4.71. The SMILES string of the molecule is Cc1cc(C)n(-c2ccccc2NC(=O)c2ccc(NC(=O)NC3CC3)cc2)n1. The Labute approximate surface area is 169 Å². The molecule has 4 rings (SSSR count). The fourth-order valence-electron chi connectivity index (χ4n) is 3.12. The molecule has 1 aliphatic carbocycles. The summed E-state index contributed by atoms with van der Waals surface area (Å²) >= 11 is 0. The Hall–Kier alpha value is -3.61. The van der Waals surface area contributed by atoms with Crippen molar-refractivity contribution in [3.8, 4) is 5.69 Å². The predicted molar refractivity (Wildman–Crippen MR) is 113 cm³/mol. The lowest BCUT2D eigenvalue weighted by Crippen LogP contribution is -2.30. The van der Waals surface area contributed by atoms with E-state index < -0.39 is 0 Å². The van der Waals surface area contributed by atoms with Crippen molar-refractivity contribution in [1.29, 1.82) is 0 Å². The molecule has 1 aromatic heterocycles. The summed E-state index contributed by atoms with van der Waals surface area (Å²) in [6, 6.07) is 16.4. The fraction of sp³-hybridized carbons (Fsp3) is 0.227. The van der Waals surface area contributed by atoms with Crippen LogP contribution in [0.2, 0.25) is 0 Å². The molecule has 0 atom stereocenters. The second-order valence-corrected chi connectivity index (χ2v) is 7.26. The first kappa shape index (κ1) is 18.7. The monoisotopic (exact) mass is 389 g/mol. The van der Waals surface area contributed by atoms with E-state index in [9.17, 15) is 9.59 Å².